The largest absolute Gasteiger partial charge is 0.458 e. The van der Waals surface area contributed by atoms with Gasteiger partial charge in [-0.05, 0) is 43.4 Å². The zero-order chi connectivity index (χ0) is 15.7. The van der Waals surface area contributed by atoms with Gasteiger partial charge in [0.1, 0.15) is 6.10 Å². The average molecular weight is 322 g/mol. The van der Waals surface area contributed by atoms with Crippen molar-refractivity contribution in [2.24, 2.45) is 11.8 Å². The fourth-order valence-electron chi connectivity index (χ4n) is 2.79. The average Bonchev–Trinajstić information content (AvgIpc) is 3.22. The number of rotatable bonds is 5. The molecule has 5 heteroatoms. The van der Waals surface area contributed by atoms with Gasteiger partial charge in [-0.2, -0.15) is 0 Å². The molecule has 1 aromatic rings. The molecule has 2 unspecified atom stereocenters. The lowest BCUT2D eigenvalue weighted by molar-refractivity contribution is -0.153. The summed E-state index contributed by atoms with van der Waals surface area (Å²) >= 11 is 5.85. The zero-order valence-electron chi connectivity index (χ0n) is 12.6. The minimum atomic E-state index is -0.336. The summed E-state index contributed by atoms with van der Waals surface area (Å²) in [7, 11) is 0. The second-order valence-corrected chi connectivity index (χ2v) is 6.71. The van der Waals surface area contributed by atoms with Crippen molar-refractivity contribution in [3.8, 4) is 0 Å². The van der Waals surface area contributed by atoms with Gasteiger partial charge in [0.25, 0.3) is 0 Å². The molecule has 2 atom stereocenters. The summed E-state index contributed by atoms with van der Waals surface area (Å²) in [6.45, 7) is 3.14. The summed E-state index contributed by atoms with van der Waals surface area (Å²) in [6.07, 6.45) is 2.34. The van der Waals surface area contributed by atoms with Crippen LogP contribution >= 0.6 is 11.6 Å². The van der Waals surface area contributed by atoms with E-state index < -0.39 is 0 Å². The number of hydrogen-bond donors (Lipinski definition) is 0. The summed E-state index contributed by atoms with van der Waals surface area (Å²) < 4.78 is 5.52. The van der Waals surface area contributed by atoms with E-state index in [1.54, 1.807) is 12.1 Å². The van der Waals surface area contributed by atoms with Crippen LogP contribution in [0.4, 0.5) is 0 Å². The van der Waals surface area contributed by atoms with Crippen LogP contribution < -0.4 is 0 Å². The summed E-state index contributed by atoms with van der Waals surface area (Å²) in [6, 6.07) is 7.24. The Bertz CT molecular complexity index is 568. The summed E-state index contributed by atoms with van der Waals surface area (Å²) in [5.41, 5.74) is 0.900. The standard InChI is InChI=1S/C17H20ClNO3/c1-11(13-4-6-15(18)7-5-13)22-17(21)14-8-16(20)19(10-14)9-12-2-3-12/h4-7,11-12,14H,2-3,8-10H2,1H3. The molecule has 118 valence electrons. The number of carbonyl (C=O) groups is 2. The molecule has 2 fully saturated rings. The Morgan fingerprint density at radius 3 is 2.68 bits per heavy atom. The molecule has 0 N–H and O–H groups in total. The predicted molar refractivity (Wildman–Crippen MR) is 83.4 cm³/mol. The van der Waals surface area contributed by atoms with Crippen molar-refractivity contribution in [2.75, 3.05) is 13.1 Å². The minimum Gasteiger partial charge on any atom is -0.458 e. The molecule has 3 rings (SSSR count). The van der Waals surface area contributed by atoms with Gasteiger partial charge in [0.05, 0.1) is 5.92 Å². The quantitative estimate of drug-likeness (QED) is 0.782. The molecular formula is C17H20ClNO3. The molecule has 2 aliphatic rings. The molecule has 1 aliphatic heterocycles. The van der Waals surface area contributed by atoms with Crippen LogP contribution in [0.1, 0.15) is 37.9 Å². The van der Waals surface area contributed by atoms with Crippen LogP contribution in [0.25, 0.3) is 0 Å². The number of carbonyl (C=O) groups excluding carboxylic acids is 2. The van der Waals surface area contributed by atoms with Crippen LogP contribution in [0.5, 0.6) is 0 Å². The van der Waals surface area contributed by atoms with Crippen molar-refractivity contribution in [2.45, 2.75) is 32.3 Å². The maximum Gasteiger partial charge on any atom is 0.311 e. The molecule has 1 amide bonds. The maximum absolute atomic E-state index is 12.3. The van der Waals surface area contributed by atoms with Gasteiger partial charge in [-0.25, -0.2) is 0 Å². The van der Waals surface area contributed by atoms with Gasteiger partial charge in [0.2, 0.25) is 5.91 Å². The summed E-state index contributed by atoms with van der Waals surface area (Å²) in [5, 5.41) is 0.652. The zero-order valence-corrected chi connectivity index (χ0v) is 13.4. The molecule has 22 heavy (non-hydrogen) atoms. The number of likely N-dealkylation sites (tertiary alicyclic amines) is 1. The van der Waals surface area contributed by atoms with E-state index in [1.807, 2.05) is 24.0 Å². The first-order valence-electron chi connectivity index (χ1n) is 7.76. The number of halogens is 1. The third-order valence-electron chi connectivity index (χ3n) is 4.36. The second kappa shape index (κ2) is 6.29. The van der Waals surface area contributed by atoms with E-state index in [1.165, 1.54) is 12.8 Å². The number of nitrogens with zero attached hydrogens (tertiary/aromatic N) is 1. The molecule has 0 spiro atoms. The van der Waals surface area contributed by atoms with Gasteiger partial charge in [-0.3, -0.25) is 9.59 Å². The molecule has 0 aromatic heterocycles. The van der Waals surface area contributed by atoms with Gasteiger partial charge in [0, 0.05) is 24.5 Å². The van der Waals surface area contributed by atoms with Crippen molar-refractivity contribution < 1.29 is 14.3 Å². The normalized spacial score (nSPS) is 22.7. The molecule has 0 bridgehead atoms. The number of ether oxygens (including phenoxy) is 1. The lowest BCUT2D eigenvalue weighted by atomic mass is 10.1. The Kier molecular flexibility index (Phi) is 4.39. The van der Waals surface area contributed by atoms with E-state index in [-0.39, 0.29) is 30.3 Å². The Hall–Kier alpha value is -1.55. The van der Waals surface area contributed by atoms with Crippen LogP contribution in [0.3, 0.4) is 0 Å². The van der Waals surface area contributed by atoms with Crippen LogP contribution in [0.15, 0.2) is 24.3 Å². The first kappa shape index (κ1) is 15.3. The molecule has 1 aromatic carbocycles. The molecule has 1 saturated carbocycles. The van der Waals surface area contributed by atoms with Crippen LogP contribution in [-0.2, 0) is 14.3 Å². The maximum atomic E-state index is 12.3. The molecule has 1 saturated heterocycles. The van der Waals surface area contributed by atoms with Crippen molar-refractivity contribution in [3.63, 3.8) is 0 Å². The third-order valence-corrected chi connectivity index (χ3v) is 4.61. The van der Waals surface area contributed by atoms with E-state index >= 15 is 0 Å². The van der Waals surface area contributed by atoms with Crippen molar-refractivity contribution in [1.82, 2.24) is 4.90 Å². The predicted octanol–water partition coefficient (Wildman–Crippen LogP) is 3.20. The first-order chi connectivity index (χ1) is 10.5. The summed E-state index contributed by atoms with van der Waals surface area (Å²) in [5.74, 6) is 0.106. The Morgan fingerprint density at radius 1 is 1.36 bits per heavy atom. The van der Waals surface area contributed by atoms with E-state index in [0.29, 0.717) is 17.5 Å². The first-order valence-corrected chi connectivity index (χ1v) is 8.14. The van der Waals surface area contributed by atoms with Crippen molar-refractivity contribution in [1.29, 1.82) is 0 Å². The third kappa shape index (κ3) is 3.61. The molecule has 1 heterocycles. The van der Waals surface area contributed by atoms with Crippen molar-refractivity contribution in [3.05, 3.63) is 34.9 Å². The number of esters is 1. The van der Waals surface area contributed by atoms with Gasteiger partial charge >= 0.3 is 5.97 Å². The second-order valence-electron chi connectivity index (χ2n) is 6.27. The molecule has 0 radical (unpaired) electrons. The van der Waals surface area contributed by atoms with Gasteiger partial charge in [0.15, 0.2) is 0 Å². The smallest absolute Gasteiger partial charge is 0.311 e. The number of hydrogen-bond acceptors (Lipinski definition) is 3. The highest BCUT2D eigenvalue weighted by Crippen LogP contribution is 2.32. The van der Waals surface area contributed by atoms with Crippen molar-refractivity contribution >= 4 is 23.5 Å². The molecule has 4 nitrogen and oxygen atoms in total. The Labute approximate surface area is 135 Å². The topological polar surface area (TPSA) is 46.6 Å². The van der Waals surface area contributed by atoms with E-state index in [9.17, 15) is 9.59 Å². The van der Waals surface area contributed by atoms with Crippen LogP contribution in [0.2, 0.25) is 5.02 Å². The lowest BCUT2D eigenvalue weighted by Crippen LogP contribution is -2.29. The molecular weight excluding hydrogens is 302 g/mol. The van der Waals surface area contributed by atoms with E-state index in [4.69, 9.17) is 16.3 Å². The molecule has 1 aliphatic carbocycles. The van der Waals surface area contributed by atoms with Crippen LogP contribution in [0, 0.1) is 11.8 Å². The van der Waals surface area contributed by atoms with Crippen LogP contribution in [-0.4, -0.2) is 29.9 Å². The minimum absolute atomic E-state index is 0.0768. The highest BCUT2D eigenvalue weighted by Gasteiger charge is 2.38. The highest BCUT2D eigenvalue weighted by atomic mass is 35.5. The number of amides is 1. The monoisotopic (exact) mass is 321 g/mol. The fraction of sp³-hybridized carbons (Fsp3) is 0.529. The lowest BCUT2D eigenvalue weighted by Gasteiger charge is -2.18. The Morgan fingerprint density at radius 2 is 2.05 bits per heavy atom. The van der Waals surface area contributed by atoms with Gasteiger partial charge in [-0.1, -0.05) is 23.7 Å². The summed E-state index contributed by atoms with van der Waals surface area (Å²) in [4.78, 5) is 26.0. The Balaban J connectivity index is 1.55. The van der Waals surface area contributed by atoms with E-state index in [2.05, 4.69) is 0 Å². The fourth-order valence-corrected chi connectivity index (χ4v) is 2.92. The van der Waals surface area contributed by atoms with Gasteiger partial charge < -0.3 is 9.64 Å². The highest BCUT2D eigenvalue weighted by molar-refractivity contribution is 6.30. The van der Waals surface area contributed by atoms with E-state index in [0.717, 1.165) is 12.1 Å². The van der Waals surface area contributed by atoms with Gasteiger partial charge in [-0.15, -0.1) is 0 Å². The SMILES string of the molecule is CC(OC(=O)C1CC(=O)N(CC2CC2)C1)c1ccc(Cl)cc1. The number of benzene rings is 1.